The fraction of sp³-hybridized carbons (Fsp3) is 0.917. The molecule has 2 saturated carbocycles. The molecule has 0 heterocycles. The molecule has 2 rings (SSSR count). The number of hydrogen-bond donors (Lipinski definition) is 0. The van der Waals surface area contributed by atoms with Crippen LogP contribution in [-0.2, 0) is 0 Å². The lowest BCUT2D eigenvalue weighted by Crippen LogP contribution is -2.23. The molecule has 0 aromatic carbocycles. The third-order valence-electron chi connectivity index (χ3n) is 7.08. The first kappa shape index (κ1) is 22.8. The van der Waals surface area contributed by atoms with Crippen LogP contribution in [-0.4, -0.2) is 6.18 Å². The van der Waals surface area contributed by atoms with Crippen LogP contribution in [0, 0.1) is 23.7 Å². The van der Waals surface area contributed by atoms with Crippen molar-refractivity contribution in [3.63, 3.8) is 0 Å². The summed E-state index contributed by atoms with van der Waals surface area (Å²) in [5.74, 6) is 1.20. The lowest BCUT2D eigenvalue weighted by Gasteiger charge is -2.35. The summed E-state index contributed by atoms with van der Waals surface area (Å²) in [4.78, 5) is 0. The van der Waals surface area contributed by atoms with E-state index < -0.39 is 12.1 Å². The Morgan fingerprint density at radius 2 is 1.44 bits per heavy atom. The average molecular weight is 387 g/mol. The molecule has 2 fully saturated rings. The summed E-state index contributed by atoms with van der Waals surface area (Å²) >= 11 is 0. The van der Waals surface area contributed by atoms with Gasteiger partial charge < -0.3 is 0 Å². The van der Waals surface area contributed by atoms with Crippen LogP contribution >= 0.6 is 0 Å². The van der Waals surface area contributed by atoms with Crippen molar-refractivity contribution in [3.05, 3.63) is 12.2 Å². The normalized spacial score (nSPS) is 26.5. The van der Waals surface area contributed by atoms with E-state index >= 15 is 0 Å². The molecule has 158 valence electrons. The second kappa shape index (κ2) is 12.2. The predicted octanol–water partition coefficient (Wildman–Crippen LogP) is 8.86. The van der Waals surface area contributed by atoms with Gasteiger partial charge in [0.15, 0.2) is 0 Å². The topological polar surface area (TPSA) is 0 Å². The average Bonchev–Trinajstić information content (AvgIpc) is 2.67. The van der Waals surface area contributed by atoms with Crippen molar-refractivity contribution in [1.29, 1.82) is 0 Å². The van der Waals surface area contributed by atoms with E-state index in [-0.39, 0.29) is 6.42 Å². The molecule has 2 aliphatic rings. The van der Waals surface area contributed by atoms with Crippen LogP contribution in [0.3, 0.4) is 0 Å². The Bertz CT molecular complexity index is 398. The minimum Gasteiger partial charge on any atom is -0.171 e. The van der Waals surface area contributed by atoms with Gasteiger partial charge in [0, 0.05) is 0 Å². The van der Waals surface area contributed by atoms with Gasteiger partial charge in [-0.15, -0.1) is 0 Å². The summed E-state index contributed by atoms with van der Waals surface area (Å²) < 4.78 is 39.9. The zero-order valence-electron chi connectivity index (χ0n) is 17.4. The third-order valence-corrected chi connectivity index (χ3v) is 7.08. The van der Waals surface area contributed by atoms with Crippen LogP contribution in [0.25, 0.3) is 0 Å². The summed E-state index contributed by atoms with van der Waals surface area (Å²) in [5.41, 5.74) is 0. The van der Waals surface area contributed by atoms with Crippen LogP contribution < -0.4 is 0 Å². The number of alkyl halides is 3. The van der Waals surface area contributed by atoms with E-state index in [4.69, 9.17) is 0 Å². The molecular formula is C24H41F3. The highest BCUT2D eigenvalue weighted by atomic mass is 19.4. The van der Waals surface area contributed by atoms with Crippen LogP contribution in [0.4, 0.5) is 13.2 Å². The van der Waals surface area contributed by atoms with Crippen molar-refractivity contribution in [2.24, 2.45) is 23.7 Å². The minimum atomic E-state index is -4.05. The Kier molecular flexibility index (Phi) is 10.3. The largest absolute Gasteiger partial charge is 0.392 e. The molecule has 1 unspecified atom stereocenters. The molecule has 0 saturated heterocycles. The molecule has 1 atom stereocenters. The van der Waals surface area contributed by atoms with Gasteiger partial charge in [-0.05, 0) is 56.3 Å². The summed E-state index contributed by atoms with van der Waals surface area (Å²) in [7, 11) is 0. The van der Waals surface area contributed by atoms with Gasteiger partial charge in [-0.25, -0.2) is 0 Å². The smallest absolute Gasteiger partial charge is 0.171 e. The maximum Gasteiger partial charge on any atom is 0.392 e. The van der Waals surface area contributed by atoms with Gasteiger partial charge in [0.25, 0.3) is 0 Å². The van der Waals surface area contributed by atoms with Crippen molar-refractivity contribution in [2.75, 3.05) is 0 Å². The van der Waals surface area contributed by atoms with E-state index in [1.807, 2.05) is 6.08 Å². The highest BCUT2D eigenvalue weighted by Gasteiger charge is 2.38. The van der Waals surface area contributed by atoms with Crippen LogP contribution in [0.5, 0.6) is 0 Å². The Morgan fingerprint density at radius 1 is 0.815 bits per heavy atom. The summed E-state index contributed by atoms with van der Waals surface area (Å²) in [6.45, 7) is 2.13. The zero-order valence-corrected chi connectivity index (χ0v) is 17.4. The van der Waals surface area contributed by atoms with Crippen LogP contribution in [0.2, 0.25) is 0 Å². The number of halogens is 3. The fourth-order valence-electron chi connectivity index (χ4n) is 5.26. The molecular weight excluding hydrogens is 345 g/mol. The Labute approximate surface area is 165 Å². The number of unbranched alkanes of at least 4 members (excludes halogenated alkanes) is 4. The van der Waals surface area contributed by atoms with Gasteiger partial charge in [-0.3, -0.25) is 0 Å². The van der Waals surface area contributed by atoms with Crippen molar-refractivity contribution >= 4 is 0 Å². The predicted molar refractivity (Wildman–Crippen MR) is 109 cm³/mol. The molecule has 0 radical (unpaired) electrons. The van der Waals surface area contributed by atoms with Gasteiger partial charge in [-0.2, -0.15) is 13.2 Å². The van der Waals surface area contributed by atoms with Gasteiger partial charge in [0.1, 0.15) is 0 Å². The molecule has 0 aromatic rings. The first-order chi connectivity index (χ1) is 13.0. The summed E-state index contributed by atoms with van der Waals surface area (Å²) in [5, 5.41) is 0. The van der Waals surface area contributed by atoms with Gasteiger partial charge in [0.05, 0.1) is 5.92 Å². The van der Waals surface area contributed by atoms with Crippen LogP contribution in [0.15, 0.2) is 12.2 Å². The number of allylic oxidation sites excluding steroid dienone is 2. The first-order valence-electron chi connectivity index (χ1n) is 11.7. The minimum absolute atomic E-state index is 0.180. The second-order valence-corrected chi connectivity index (χ2v) is 9.18. The van der Waals surface area contributed by atoms with Gasteiger partial charge >= 0.3 is 6.18 Å². The third kappa shape index (κ3) is 8.60. The monoisotopic (exact) mass is 386 g/mol. The van der Waals surface area contributed by atoms with E-state index in [1.54, 1.807) is 0 Å². The van der Waals surface area contributed by atoms with Crippen molar-refractivity contribution in [3.8, 4) is 0 Å². The van der Waals surface area contributed by atoms with Crippen molar-refractivity contribution in [1.82, 2.24) is 0 Å². The van der Waals surface area contributed by atoms with E-state index in [2.05, 4.69) is 13.0 Å². The van der Waals surface area contributed by atoms with Gasteiger partial charge in [-0.1, -0.05) is 83.3 Å². The lowest BCUT2D eigenvalue weighted by molar-refractivity contribution is -0.175. The molecule has 0 bridgehead atoms. The molecule has 0 N–H and O–H groups in total. The molecule has 0 amide bonds. The van der Waals surface area contributed by atoms with E-state index in [9.17, 15) is 13.2 Å². The quantitative estimate of drug-likeness (QED) is 0.260. The molecule has 27 heavy (non-hydrogen) atoms. The molecule has 0 spiro atoms. The van der Waals surface area contributed by atoms with Crippen molar-refractivity contribution < 1.29 is 13.2 Å². The molecule has 2 aliphatic carbocycles. The standard InChI is InChI=1S/C24H41F3/c1-2-3-4-5-9-14-23(24(25,26)27)15-10-11-20-16-18-22(19-17-20)21-12-7-6-8-13-21/h10-11,20-23H,2-9,12-19H2,1H3. The molecule has 3 heteroatoms. The Hall–Kier alpha value is -0.470. The number of hydrogen-bond acceptors (Lipinski definition) is 0. The van der Waals surface area contributed by atoms with E-state index in [1.165, 1.54) is 57.8 Å². The highest BCUT2D eigenvalue weighted by Crippen LogP contribution is 2.40. The zero-order chi connectivity index (χ0) is 19.5. The maximum absolute atomic E-state index is 13.3. The Morgan fingerprint density at radius 3 is 2.07 bits per heavy atom. The first-order valence-corrected chi connectivity index (χ1v) is 11.7. The number of rotatable bonds is 10. The molecule has 0 nitrogen and oxygen atoms in total. The van der Waals surface area contributed by atoms with E-state index in [0.29, 0.717) is 18.8 Å². The van der Waals surface area contributed by atoms with E-state index in [0.717, 1.165) is 37.5 Å². The summed E-state index contributed by atoms with van der Waals surface area (Å²) in [6, 6.07) is 0. The lowest BCUT2D eigenvalue weighted by atomic mass is 9.71. The SMILES string of the molecule is CCCCCCCC(CC=CC1CCC(C2CCCCC2)CC1)C(F)(F)F. The molecule has 0 aliphatic heterocycles. The fourth-order valence-corrected chi connectivity index (χ4v) is 5.26. The van der Waals surface area contributed by atoms with Crippen LogP contribution in [0.1, 0.15) is 110 Å². The second-order valence-electron chi connectivity index (χ2n) is 9.18. The van der Waals surface area contributed by atoms with Gasteiger partial charge in [0.2, 0.25) is 0 Å². The molecule has 0 aromatic heterocycles. The highest BCUT2D eigenvalue weighted by molar-refractivity contribution is 4.94. The maximum atomic E-state index is 13.3. The Balaban J connectivity index is 1.68. The summed E-state index contributed by atoms with van der Waals surface area (Å²) in [6.07, 6.45) is 17.4. The van der Waals surface area contributed by atoms with Crippen molar-refractivity contribution in [2.45, 2.75) is 116 Å².